The van der Waals surface area contributed by atoms with Crippen molar-refractivity contribution in [2.45, 2.75) is 57.5 Å². The lowest BCUT2D eigenvalue weighted by Gasteiger charge is -2.31. The molecule has 0 amide bonds. The highest BCUT2D eigenvalue weighted by Gasteiger charge is 2.51. The van der Waals surface area contributed by atoms with Crippen molar-refractivity contribution < 1.29 is 9.90 Å². The molecular weight excluding hydrogens is 214 g/mol. The Bertz CT molecular complexity index is 313. The van der Waals surface area contributed by atoms with E-state index in [2.05, 4.69) is 12.2 Å². The van der Waals surface area contributed by atoms with Gasteiger partial charge in [0.05, 0.1) is 5.92 Å². The zero-order valence-electron chi connectivity index (χ0n) is 10.6. The quantitative estimate of drug-likeness (QED) is 0.771. The van der Waals surface area contributed by atoms with E-state index in [4.69, 9.17) is 0 Å². The Morgan fingerprint density at radius 3 is 2.65 bits per heavy atom. The number of fused-ring (bicyclic) bond motifs is 2. The molecule has 0 aromatic rings. The van der Waals surface area contributed by atoms with Crippen molar-refractivity contribution in [2.24, 2.45) is 23.7 Å². The molecule has 0 radical (unpaired) electrons. The number of carboxylic acids is 1. The molecule has 3 aliphatic rings. The van der Waals surface area contributed by atoms with E-state index < -0.39 is 5.97 Å². The molecule has 96 valence electrons. The van der Waals surface area contributed by atoms with Gasteiger partial charge in [-0.25, -0.2) is 0 Å². The molecule has 3 rings (SSSR count). The Morgan fingerprint density at radius 2 is 2.00 bits per heavy atom. The van der Waals surface area contributed by atoms with Gasteiger partial charge in [0.2, 0.25) is 0 Å². The summed E-state index contributed by atoms with van der Waals surface area (Å²) < 4.78 is 0. The van der Waals surface area contributed by atoms with Crippen LogP contribution < -0.4 is 5.32 Å². The number of rotatable bonds is 5. The first-order valence-electron chi connectivity index (χ1n) is 7.14. The van der Waals surface area contributed by atoms with Crippen molar-refractivity contribution in [2.75, 3.05) is 0 Å². The highest BCUT2D eigenvalue weighted by atomic mass is 16.4. The van der Waals surface area contributed by atoms with E-state index >= 15 is 0 Å². The van der Waals surface area contributed by atoms with Crippen molar-refractivity contribution >= 4 is 5.97 Å². The van der Waals surface area contributed by atoms with Crippen LogP contribution in [0, 0.1) is 23.7 Å². The van der Waals surface area contributed by atoms with E-state index in [1.807, 2.05) is 0 Å². The lowest BCUT2D eigenvalue weighted by atomic mass is 9.84. The van der Waals surface area contributed by atoms with Gasteiger partial charge >= 0.3 is 5.97 Å². The number of hydrogen-bond acceptors (Lipinski definition) is 2. The molecule has 3 aliphatic carbocycles. The van der Waals surface area contributed by atoms with Crippen LogP contribution in [0.3, 0.4) is 0 Å². The molecule has 17 heavy (non-hydrogen) atoms. The van der Waals surface area contributed by atoms with Crippen LogP contribution in [0.2, 0.25) is 0 Å². The van der Waals surface area contributed by atoms with Gasteiger partial charge in [0, 0.05) is 12.1 Å². The number of aliphatic carboxylic acids is 1. The van der Waals surface area contributed by atoms with Gasteiger partial charge in [-0.1, -0.05) is 12.8 Å². The Labute approximate surface area is 103 Å². The van der Waals surface area contributed by atoms with Gasteiger partial charge in [-0.15, -0.1) is 0 Å². The molecule has 2 bridgehead atoms. The van der Waals surface area contributed by atoms with Crippen LogP contribution in [-0.4, -0.2) is 23.2 Å². The van der Waals surface area contributed by atoms with Crippen LogP contribution in [0.4, 0.5) is 0 Å². The average molecular weight is 237 g/mol. The molecule has 3 fully saturated rings. The first kappa shape index (κ1) is 11.5. The fraction of sp³-hybridized carbons (Fsp3) is 0.929. The van der Waals surface area contributed by atoms with Gasteiger partial charge in [0.25, 0.3) is 0 Å². The van der Waals surface area contributed by atoms with Crippen molar-refractivity contribution in [1.29, 1.82) is 0 Å². The van der Waals surface area contributed by atoms with E-state index in [-0.39, 0.29) is 12.0 Å². The second-order valence-electron chi connectivity index (χ2n) is 6.47. The summed E-state index contributed by atoms with van der Waals surface area (Å²) in [7, 11) is 0. The Hall–Kier alpha value is -0.570. The summed E-state index contributed by atoms with van der Waals surface area (Å²) in [6, 6.07) is 0.744. The topological polar surface area (TPSA) is 49.3 Å². The third-order valence-corrected chi connectivity index (χ3v) is 5.06. The molecule has 5 unspecified atom stereocenters. The SMILES string of the molecule is CC(CC1CC1)NC1C2CCC(C2)C1C(=O)O. The highest BCUT2D eigenvalue weighted by Crippen LogP contribution is 2.49. The molecular formula is C14H23NO2. The molecule has 0 heterocycles. The Morgan fingerprint density at radius 1 is 1.29 bits per heavy atom. The lowest BCUT2D eigenvalue weighted by Crippen LogP contribution is -2.47. The second-order valence-corrected chi connectivity index (χ2v) is 6.47. The summed E-state index contributed by atoms with van der Waals surface area (Å²) in [4.78, 5) is 11.4. The first-order chi connectivity index (χ1) is 8.15. The molecule has 3 saturated carbocycles. The van der Waals surface area contributed by atoms with E-state index in [1.165, 1.54) is 25.7 Å². The summed E-state index contributed by atoms with van der Waals surface area (Å²) in [5.74, 6) is 1.30. The smallest absolute Gasteiger partial charge is 0.308 e. The molecule has 5 atom stereocenters. The first-order valence-corrected chi connectivity index (χ1v) is 7.14. The van der Waals surface area contributed by atoms with Crippen LogP contribution >= 0.6 is 0 Å². The molecule has 3 nitrogen and oxygen atoms in total. The number of carboxylic acid groups (broad SMARTS) is 1. The molecule has 0 aliphatic heterocycles. The minimum Gasteiger partial charge on any atom is -0.481 e. The third kappa shape index (κ3) is 2.22. The second kappa shape index (κ2) is 4.27. The average Bonchev–Trinajstić information content (AvgIpc) is 2.85. The van der Waals surface area contributed by atoms with Crippen molar-refractivity contribution in [1.82, 2.24) is 5.32 Å². The monoisotopic (exact) mass is 237 g/mol. The molecule has 2 N–H and O–H groups in total. The maximum absolute atomic E-state index is 11.4. The van der Waals surface area contributed by atoms with E-state index in [0.717, 1.165) is 18.8 Å². The maximum atomic E-state index is 11.4. The normalized spacial score (nSPS) is 41.7. The zero-order valence-corrected chi connectivity index (χ0v) is 10.6. The van der Waals surface area contributed by atoms with Gasteiger partial charge < -0.3 is 10.4 Å². The predicted molar refractivity (Wildman–Crippen MR) is 65.7 cm³/mol. The number of nitrogens with one attached hydrogen (secondary N) is 1. The van der Waals surface area contributed by atoms with Crippen molar-refractivity contribution in [3.63, 3.8) is 0 Å². The molecule has 0 aromatic carbocycles. The fourth-order valence-electron chi connectivity index (χ4n) is 4.14. The minimum atomic E-state index is -0.576. The van der Waals surface area contributed by atoms with E-state index in [1.54, 1.807) is 0 Å². The van der Waals surface area contributed by atoms with Crippen molar-refractivity contribution in [3.05, 3.63) is 0 Å². The minimum absolute atomic E-state index is 0.115. The fourth-order valence-corrected chi connectivity index (χ4v) is 4.14. The van der Waals surface area contributed by atoms with Gasteiger partial charge in [0.1, 0.15) is 0 Å². The standard InChI is InChI=1S/C14H23NO2/c1-8(6-9-2-3-9)15-13-11-5-4-10(7-11)12(13)14(16)17/h8-13,15H,2-7H2,1H3,(H,16,17). The molecule has 0 aromatic heterocycles. The van der Waals surface area contributed by atoms with E-state index in [0.29, 0.717) is 17.9 Å². The van der Waals surface area contributed by atoms with Crippen LogP contribution in [0.15, 0.2) is 0 Å². The zero-order chi connectivity index (χ0) is 12.0. The van der Waals surface area contributed by atoms with Gasteiger partial charge in [-0.3, -0.25) is 4.79 Å². The summed E-state index contributed by atoms with van der Waals surface area (Å²) >= 11 is 0. The van der Waals surface area contributed by atoms with Gasteiger partial charge in [-0.2, -0.15) is 0 Å². The maximum Gasteiger partial charge on any atom is 0.308 e. The Kier molecular flexibility index (Phi) is 2.89. The summed E-state index contributed by atoms with van der Waals surface area (Å²) in [6.07, 6.45) is 7.51. The van der Waals surface area contributed by atoms with Gasteiger partial charge in [0.15, 0.2) is 0 Å². The molecule has 0 spiro atoms. The van der Waals surface area contributed by atoms with E-state index in [9.17, 15) is 9.90 Å². The largest absolute Gasteiger partial charge is 0.481 e. The van der Waals surface area contributed by atoms with Gasteiger partial charge in [-0.05, 0) is 50.4 Å². The summed E-state index contributed by atoms with van der Waals surface area (Å²) in [5, 5.41) is 13.0. The Balaban J connectivity index is 1.61. The van der Waals surface area contributed by atoms with Crippen LogP contribution in [-0.2, 0) is 4.79 Å². The highest BCUT2D eigenvalue weighted by molar-refractivity contribution is 5.72. The van der Waals surface area contributed by atoms with Crippen LogP contribution in [0.25, 0.3) is 0 Å². The predicted octanol–water partition coefficient (Wildman–Crippen LogP) is 2.26. The number of carbonyl (C=O) groups is 1. The van der Waals surface area contributed by atoms with Crippen LogP contribution in [0.1, 0.15) is 45.4 Å². The summed E-state index contributed by atoms with van der Waals surface area (Å²) in [6.45, 7) is 2.23. The van der Waals surface area contributed by atoms with Crippen molar-refractivity contribution in [3.8, 4) is 0 Å². The lowest BCUT2D eigenvalue weighted by molar-refractivity contribution is -0.144. The molecule has 0 saturated heterocycles. The van der Waals surface area contributed by atoms with Crippen LogP contribution in [0.5, 0.6) is 0 Å². The number of hydrogen-bond donors (Lipinski definition) is 2. The summed E-state index contributed by atoms with van der Waals surface area (Å²) in [5.41, 5.74) is 0. The molecule has 3 heteroatoms. The third-order valence-electron chi connectivity index (χ3n) is 5.06.